The second-order valence-corrected chi connectivity index (χ2v) is 4.81. The zero-order chi connectivity index (χ0) is 14.4. The molecule has 0 aliphatic carbocycles. The maximum Gasteiger partial charge on any atom is 0.319 e. The minimum absolute atomic E-state index is 0.360. The SMILES string of the molecule is CC(CCNCc1nccn1C(F)F)c1ccccc1. The van der Waals surface area contributed by atoms with Crippen molar-refractivity contribution in [3.8, 4) is 0 Å². The zero-order valence-corrected chi connectivity index (χ0v) is 11.5. The summed E-state index contributed by atoms with van der Waals surface area (Å²) in [6.07, 6.45) is 3.66. The lowest BCUT2D eigenvalue weighted by atomic mass is 9.98. The molecule has 0 bridgehead atoms. The second-order valence-electron chi connectivity index (χ2n) is 4.81. The molecule has 2 aromatic rings. The van der Waals surface area contributed by atoms with E-state index in [2.05, 4.69) is 29.4 Å². The zero-order valence-electron chi connectivity index (χ0n) is 11.5. The van der Waals surface area contributed by atoms with Gasteiger partial charge < -0.3 is 5.32 Å². The fourth-order valence-electron chi connectivity index (χ4n) is 2.13. The van der Waals surface area contributed by atoms with Crippen LogP contribution in [0, 0.1) is 0 Å². The number of alkyl halides is 2. The number of benzene rings is 1. The van der Waals surface area contributed by atoms with Gasteiger partial charge in [0.1, 0.15) is 5.82 Å². The van der Waals surface area contributed by atoms with Crippen molar-refractivity contribution < 1.29 is 8.78 Å². The Kier molecular flexibility index (Phi) is 5.24. The first kappa shape index (κ1) is 14.7. The Hall–Kier alpha value is -1.75. The molecule has 1 aromatic heterocycles. The van der Waals surface area contributed by atoms with Crippen LogP contribution in [-0.2, 0) is 6.54 Å². The van der Waals surface area contributed by atoms with E-state index in [1.807, 2.05) is 18.2 Å². The number of nitrogens with zero attached hydrogens (tertiary/aromatic N) is 2. The number of hydrogen-bond donors (Lipinski definition) is 1. The summed E-state index contributed by atoms with van der Waals surface area (Å²) < 4.78 is 26.1. The van der Waals surface area contributed by atoms with Crippen molar-refractivity contribution in [2.75, 3.05) is 6.54 Å². The van der Waals surface area contributed by atoms with Gasteiger partial charge in [0.05, 0.1) is 6.54 Å². The molecule has 0 saturated carbocycles. The van der Waals surface area contributed by atoms with Gasteiger partial charge >= 0.3 is 6.55 Å². The summed E-state index contributed by atoms with van der Waals surface area (Å²) in [7, 11) is 0. The molecule has 108 valence electrons. The van der Waals surface area contributed by atoms with Crippen LogP contribution in [0.1, 0.15) is 37.2 Å². The molecule has 0 aliphatic heterocycles. The average molecular weight is 279 g/mol. The Morgan fingerprint density at radius 1 is 1.25 bits per heavy atom. The molecule has 1 aromatic carbocycles. The van der Waals surface area contributed by atoms with E-state index >= 15 is 0 Å². The van der Waals surface area contributed by atoms with Gasteiger partial charge in [-0.1, -0.05) is 37.3 Å². The largest absolute Gasteiger partial charge is 0.319 e. The summed E-state index contributed by atoms with van der Waals surface area (Å²) in [4.78, 5) is 3.93. The summed E-state index contributed by atoms with van der Waals surface area (Å²) in [6, 6.07) is 10.3. The lowest BCUT2D eigenvalue weighted by molar-refractivity contribution is 0.0666. The minimum Gasteiger partial charge on any atom is -0.310 e. The fraction of sp³-hybridized carbons (Fsp3) is 0.400. The normalized spacial score (nSPS) is 12.8. The number of nitrogens with one attached hydrogen (secondary N) is 1. The van der Waals surface area contributed by atoms with Gasteiger partial charge in [0.15, 0.2) is 0 Å². The summed E-state index contributed by atoms with van der Waals surface area (Å²) in [6.45, 7) is 0.764. The first-order valence-corrected chi connectivity index (χ1v) is 6.74. The van der Waals surface area contributed by atoms with E-state index in [9.17, 15) is 8.78 Å². The third kappa shape index (κ3) is 3.87. The molecule has 3 nitrogen and oxygen atoms in total. The van der Waals surface area contributed by atoms with Crippen LogP contribution in [0.25, 0.3) is 0 Å². The first-order valence-electron chi connectivity index (χ1n) is 6.74. The predicted octanol–water partition coefficient (Wildman–Crippen LogP) is 3.56. The molecular weight excluding hydrogens is 260 g/mol. The van der Waals surface area contributed by atoms with Gasteiger partial charge in [-0.3, -0.25) is 4.57 Å². The number of imidazole rings is 1. The van der Waals surface area contributed by atoms with E-state index in [0.717, 1.165) is 17.5 Å². The monoisotopic (exact) mass is 279 g/mol. The molecule has 1 heterocycles. The van der Waals surface area contributed by atoms with Gasteiger partial charge in [0.25, 0.3) is 0 Å². The van der Waals surface area contributed by atoms with E-state index < -0.39 is 6.55 Å². The van der Waals surface area contributed by atoms with Gasteiger partial charge in [-0.25, -0.2) is 4.98 Å². The Morgan fingerprint density at radius 3 is 2.70 bits per heavy atom. The molecule has 0 radical (unpaired) electrons. The topological polar surface area (TPSA) is 29.9 Å². The smallest absolute Gasteiger partial charge is 0.310 e. The Morgan fingerprint density at radius 2 is 2.00 bits per heavy atom. The molecule has 1 N–H and O–H groups in total. The molecule has 20 heavy (non-hydrogen) atoms. The average Bonchev–Trinajstić information content (AvgIpc) is 2.93. The highest BCUT2D eigenvalue weighted by Gasteiger charge is 2.10. The molecule has 0 spiro atoms. The van der Waals surface area contributed by atoms with Gasteiger partial charge in [-0.2, -0.15) is 8.78 Å². The highest BCUT2D eigenvalue weighted by atomic mass is 19.3. The van der Waals surface area contributed by atoms with Crippen LogP contribution in [0.3, 0.4) is 0 Å². The van der Waals surface area contributed by atoms with Gasteiger partial charge in [0.2, 0.25) is 0 Å². The van der Waals surface area contributed by atoms with Crippen molar-refractivity contribution in [1.29, 1.82) is 0 Å². The molecule has 5 heteroatoms. The fourth-order valence-corrected chi connectivity index (χ4v) is 2.13. The molecule has 0 amide bonds. The number of rotatable bonds is 7. The molecule has 0 saturated heterocycles. The highest BCUT2D eigenvalue weighted by molar-refractivity contribution is 5.18. The van der Waals surface area contributed by atoms with E-state index in [1.165, 1.54) is 18.0 Å². The van der Waals surface area contributed by atoms with Crippen LogP contribution < -0.4 is 5.32 Å². The molecule has 0 aliphatic rings. The van der Waals surface area contributed by atoms with Crippen molar-refractivity contribution in [1.82, 2.24) is 14.9 Å². The van der Waals surface area contributed by atoms with Crippen LogP contribution >= 0.6 is 0 Å². The predicted molar refractivity (Wildman–Crippen MR) is 74.7 cm³/mol. The van der Waals surface area contributed by atoms with Gasteiger partial charge in [-0.15, -0.1) is 0 Å². The van der Waals surface area contributed by atoms with Crippen LogP contribution in [0.2, 0.25) is 0 Å². The lowest BCUT2D eigenvalue weighted by Gasteiger charge is -2.12. The maximum absolute atomic E-state index is 12.6. The van der Waals surface area contributed by atoms with E-state index in [1.54, 1.807) is 0 Å². The highest BCUT2D eigenvalue weighted by Crippen LogP contribution is 2.17. The van der Waals surface area contributed by atoms with Crippen molar-refractivity contribution in [2.45, 2.75) is 32.4 Å². The quantitative estimate of drug-likeness (QED) is 0.785. The van der Waals surface area contributed by atoms with Gasteiger partial charge in [-0.05, 0) is 24.4 Å². The second kappa shape index (κ2) is 7.14. The molecule has 1 unspecified atom stereocenters. The Labute approximate surface area is 117 Å². The first-order chi connectivity index (χ1) is 9.68. The summed E-state index contributed by atoms with van der Waals surface area (Å²) in [5.41, 5.74) is 1.29. The maximum atomic E-state index is 12.6. The molecule has 2 rings (SSSR count). The summed E-state index contributed by atoms with van der Waals surface area (Å²) >= 11 is 0. The number of halogens is 2. The van der Waals surface area contributed by atoms with E-state index in [0.29, 0.717) is 18.3 Å². The van der Waals surface area contributed by atoms with Crippen LogP contribution in [0.5, 0.6) is 0 Å². The van der Waals surface area contributed by atoms with Crippen LogP contribution in [-0.4, -0.2) is 16.1 Å². The minimum atomic E-state index is -2.53. The molecule has 1 atom stereocenters. The van der Waals surface area contributed by atoms with Crippen molar-refractivity contribution in [3.05, 3.63) is 54.1 Å². The lowest BCUT2D eigenvalue weighted by Crippen LogP contribution is -2.19. The van der Waals surface area contributed by atoms with Crippen molar-refractivity contribution >= 4 is 0 Å². The third-order valence-electron chi connectivity index (χ3n) is 3.36. The van der Waals surface area contributed by atoms with E-state index in [-0.39, 0.29) is 0 Å². The van der Waals surface area contributed by atoms with Gasteiger partial charge in [0, 0.05) is 12.4 Å². The van der Waals surface area contributed by atoms with E-state index in [4.69, 9.17) is 0 Å². The third-order valence-corrected chi connectivity index (χ3v) is 3.36. The Bertz CT molecular complexity index is 511. The summed E-state index contributed by atoms with van der Waals surface area (Å²) in [5, 5.41) is 3.17. The van der Waals surface area contributed by atoms with Crippen molar-refractivity contribution in [2.24, 2.45) is 0 Å². The van der Waals surface area contributed by atoms with Crippen LogP contribution in [0.15, 0.2) is 42.7 Å². The van der Waals surface area contributed by atoms with Crippen molar-refractivity contribution in [3.63, 3.8) is 0 Å². The molecular formula is C15H19F2N3. The Balaban J connectivity index is 1.75. The molecule has 0 fully saturated rings. The number of hydrogen-bond acceptors (Lipinski definition) is 2. The standard InChI is InChI=1S/C15H19F2N3/c1-12(13-5-3-2-4-6-13)7-8-18-11-14-19-9-10-20(14)15(16)17/h2-6,9-10,12,15,18H,7-8,11H2,1H3. The van der Waals surface area contributed by atoms with Crippen LogP contribution in [0.4, 0.5) is 8.78 Å². The summed E-state index contributed by atoms with van der Waals surface area (Å²) in [5.74, 6) is 0.811. The number of aromatic nitrogens is 2.